The topological polar surface area (TPSA) is 125 Å². The van der Waals surface area contributed by atoms with Gasteiger partial charge in [0.15, 0.2) is 9.84 Å². The summed E-state index contributed by atoms with van der Waals surface area (Å²) in [5.41, 5.74) is -0.657. The van der Waals surface area contributed by atoms with Crippen LogP contribution in [-0.4, -0.2) is 49.3 Å². The Morgan fingerprint density at radius 1 is 1.27 bits per heavy atom. The molecule has 1 fully saturated rings. The van der Waals surface area contributed by atoms with E-state index in [9.17, 15) is 27.2 Å². The van der Waals surface area contributed by atoms with Crippen molar-refractivity contribution in [3.8, 4) is 0 Å². The van der Waals surface area contributed by atoms with Crippen molar-refractivity contribution < 1.29 is 22.4 Å². The number of pyridine rings is 1. The Morgan fingerprint density at radius 3 is 2.73 bits per heavy atom. The molecule has 10 heteroatoms. The Bertz CT molecular complexity index is 1050. The van der Waals surface area contributed by atoms with Crippen LogP contribution < -0.4 is 16.2 Å². The molecule has 0 aliphatic carbocycles. The molecule has 1 aliphatic heterocycles. The highest BCUT2D eigenvalue weighted by Gasteiger charge is 2.28. The molecule has 26 heavy (non-hydrogen) atoms. The first-order chi connectivity index (χ1) is 12.2. The van der Waals surface area contributed by atoms with Gasteiger partial charge in [-0.05, 0) is 36.1 Å². The number of amides is 2. The van der Waals surface area contributed by atoms with Crippen molar-refractivity contribution in [1.82, 2.24) is 15.6 Å². The molecule has 3 N–H and O–H groups in total. The largest absolute Gasteiger partial charge is 0.351 e. The fraction of sp³-hybridized carbons (Fsp3) is 0.312. The van der Waals surface area contributed by atoms with Crippen LogP contribution in [0.15, 0.2) is 29.1 Å². The van der Waals surface area contributed by atoms with E-state index in [4.69, 9.17) is 0 Å². The van der Waals surface area contributed by atoms with Gasteiger partial charge in [0, 0.05) is 6.04 Å². The number of H-pyrrole nitrogens is 1. The first-order valence-corrected chi connectivity index (χ1v) is 9.66. The van der Waals surface area contributed by atoms with Gasteiger partial charge < -0.3 is 15.6 Å². The zero-order valence-electron chi connectivity index (χ0n) is 13.5. The number of rotatable bonds is 4. The Kier molecular flexibility index (Phi) is 4.77. The van der Waals surface area contributed by atoms with Crippen LogP contribution in [0.25, 0.3) is 10.9 Å². The smallest absolute Gasteiger partial charge is 0.261 e. The number of hydrogen-bond acceptors (Lipinski definition) is 5. The predicted octanol–water partition coefficient (Wildman–Crippen LogP) is -0.300. The van der Waals surface area contributed by atoms with Crippen molar-refractivity contribution in [3.63, 3.8) is 0 Å². The maximum atomic E-state index is 13.2. The van der Waals surface area contributed by atoms with Crippen LogP contribution in [0.4, 0.5) is 4.39 Å². The molecule has 0 spiro atoms. The van der Waals surface area contributed by atoms with E-state index in [2.05, 4.69) is 15.6 Å². The molecular weight excluding hydrogens is 365 g/mol. The molecule has 1 unspecified atom stereocenters. The number of fused-ring (bicyclic) bond motifs is 1. The zero-order chi connectivity index (χ0) is 18.9. The normalized spacial score (nSPS) is 18.6. The number of benzene rings is 1. The van der Waals surface area contributed by atoms with E-state index >= 15 is 0 Å². The lowest BCUT2D eigenvalue weighted by molar-refractivity contribution is -0.120. The molecule has 0 radical (unpaired) electrons. The maximum absolute atomic E-state index is 13.2. The molecule has 1 atom stereocenters. The van der Waals surface area contributed by atoms with E-state index in [1.165, 1.54) is 18.2 Å². The van der Waals surface area contributed by atoms with Gasteiger partial charge in [0.05, 0.1) is 23.6 Å². The minimum absolute atomic E-state index is 0.0252. The Hall–Kier alpha value is -2.75. The predicted molar refractivity (Wildman–Crippen MR) is 92.1 cm³/mol. The monoisotopic (exact) mass is 381 g/mol. The highest BCUT2D eigenvalue weighted by atomic mass is 32.2. The lowest BCUT2D eigenvalue weighted by Gasteiger charge is -2.11. The third kappa shape index (κ3) is 4.07. The van der Waals surface area contributed by atoms with Crippen molar-refractivity contribution in [2.24, 2.45) is 0 Å². The molecular formula is C16H16FN3O5S. The average Bonchev–Trinajstić information content (AvgIpc) is 2.90. The first-order valence-electron chi connectivity index (χ1n) is 7.84. The third-order valence-corrected chi connectivity index (χ3v) is 5.83. The van der Waals surface area contributed by atoms with Crippen LogP contribution in [-0.2, 0) is 14.6 Å². The van der Waals surface area contributed by atoms with Gasteiger partial charge in [-0.3, -0.25) is 14.4 Å². The second-order valence-electron chi connectivity index (χ2n) is 6.09. The lowest BCUT2D eigenvalue weighted by Crippen LogP contribution is -2.43. The molecule has 3 rings (SSSR count). The summed E-state index contributed by atoms with van der Waals surface area (Å²) >= 11 is 0. The minimum Gasteiger partial charge on any atom is -0.351 e. The van der Waals surface area contributed by atoms with E-state index in [1.807, 2.05) is 0 Å². The van der Waals surface area contributed by atoms with E-state index in [0.717, 1.165) is 6.07 Å². The Balaban J connectivity index is 1.64. The molecule has 1 saturated heterocycles. The van der Waals surface area contributed by atoms with E-state index < -0.39 is 45.6 Å². The molecule has 1 aromatic carbocycles. The van der Waals surface area contributed by atoms with Crippen LogP contribution >= 0.6 is 0 Å². The summed E-state index contributed by atoms with van der Waals surface area (Å²) in [6, 6.07) is 4.60. The number of aromatic nitrogens is 1. The van der Waals surface area contributed by atoms with Gasteiger partial charge in [0.1, 0.15) is 11.4 Å². The van der Waals surface area contributed by atoms with Crippen molar-refractivity contribution >= 4 is 32.6 Å². The van der Waals surface area contributed by atoms with Crippen molar-refractivity contribution in [2.45, 2.75) is 12.5 Å². The standard InChI is InChI=1S/C16H16FN3O5S/c17-10-2-1-9-5-12(16(23)20-13(9)6-10)15(22)18-7-14(21)19-11-3-4-26(24,25)8-11/h1-2,5-6,11H,3-4,7-8H2,(H,18,22)(H,19,21)(H,20,23). The number of sulfone groups is 1. The average molecular weight is 381 g/mol. The molecule has 0 bridgehead atoms. The number of hydrogen-bond donors (Lipinski definition) is 3. The minimum atomic E-state index is -3.12. The Labute approximate surface area is 147 Å². The van der Waals surface area contributed by atoms with E-state index in [-0.39, 0.29) is 22.6 Å². The molecule has 0 saturated carbocycles. The molecule has 138 valence electrons. The number of nitrogens with one attached hydrogen (secondary N) is 3. The fourth-order valence-electron chi connectivity index (χ4n) is 2.79. The third-order valence-electron chi connectivity index (χ3n) is 4.06. The van der Waals surface area contributed by atoms with Crippen molar-refractivity contribution in [1.29, 1.82) is 0 Å². The summed E-state index contributed by atoms with van der Waals surface area (Å²) in [5, 5.41) is 5.32. The molecule has 8 nitrogen and oxygen atoms in total. The summed E-state index contributed by atoms with van der Waals surface area (Å²) in [4.78, 5) is 38.4. The highest BCUT2D eigenvalue weighted by Crippen LogP contribution is 2.13. The summed E-state index contributed by atoms with van der Waals surface area (Å²) in [6.45, 7) is -0.393. The summed E-state index contributed by atoms with van der Waals surface area (Å²) < 4.78 is 35.9. The van der Waals surface area contributed by atoms with Gasteiger partial charge in [-0.15, -0.1) is 0 Å². The number of carbonyl (C=O) groups is 2. The van der Waals surface area contributed by atoms with Gasteiger partial charge in [0.25, 0.3) is 11.5 Å². The fourth-order valence-corrected chi connectivity index (χ4v) is 4.46. The zero-order valence-corrected chi connectivity index (χ0v) is 14.4. The van der Waals surface area contributed by atoms with Crippen LogP contribution in [0.2, 0.25) is 0 Å². The van der Waals surface area contributed by atoms with Crippen molar-refractivity contribution in [3.05, 3.63) is 46.0 Å². The molecule has 1 aromatic heterocycles. The maximum Gasteiger partial charge on any atom is 0.261 e. The summed E-state index contributed by atoms with van der Waals surface area (Å²) in [5.74, 6) is -1.91. The van der Waals surface area contributed by atoms with Crippen molar-refractivity contribution in [2.75, 3.05) is 18.1 Å². The second-order valence-corrected chi connectivity index (χ2v) is 8.32. The van der Waals surface area contributed by atoms with E-state index in [1.54, 1.807) is 0 Å². The molecule has 2 amide bonds. The number of halogens is 1. The summed E-state index contributed by atoms with van der Waals surface area (Å²) in [7, 11) is -3.12. The number of carbonyl (C=O) groups excluding carboxylic acids is 2. The second kappa shape index (κ2) is 6.87. The quantitative estimate of drug-likeness (QED) is 0.671. The van der Waals surface area contributed by atoms with Gasteiger partial charge >= 0.3 is 0 Å². The summed E-state index contributed by atoms with van der Waals surface area (Å²) in [6.07, 6.45) is 0.336. The molecule has 2 aromatic rings. The van der Waals surface area contributed by atoms with Crippen LogP contribution in [0.1, 0.15) is 16.8 Å². The van der Waals surface area contributed by atoms with Crippen LogP contribution in [0.3, 0.4) is 0 Å². The first kappa shape index (κ1) is 18.1. The van der Waals surface area contributed by atoms with Crippen LogP contribution in [0.5, 0.6) is 0 Å². The van der Waals surface area contributed by atoms with Gasteiger partial charge in [-0.2, -0.15) is 0 Å². The number of aromatic amines is 1. The Morgan fingerprint density at radius 2 is 2.04 bits per heavy atom. The van der Waals surface area contributed by atoms with Gasteiger partial charge in [-0.25, -0.2) is 12.8 Å². The SMILES string of the molecule is O=C(CNC(=O)c1cc2ccc(F)cc2[nH]c1=O)NC1CCS(=O)(=O)C1. The van der Waals surface area contributed by atoms with E-state index in [0.29, 0.717) is 11.8 Å². The molecule has 2 heterocycles. The van der Waals surface area contributed by atoms with Crippen LogP contribution in [0, 0.1) is 5.82 Å². The van der Waals surface area contributed by atoms with Gasteiger partial charge in [0.2, 0.25) is 5.91 Å². The van der Waals surface area contributed by atoms with Gasteiger partial charge in [-0.1, -0.05) is 0 Å². The lowest BCUT2D eigenvalue weighted by atomic mass is 10.1. The molecule has 1 aliphatic rings. The highest BCUT2D eigenvalue weighted by molar-refractivity contribution is 7.91.